The molecule has 1 amide bonds. The number of benzene rings is 1. The second-order valence-corrected chi connectivity index (χ2v) is 6.96. The molecular formula is C20H21F3N2O3. The Hall–Kier alpha value is -2.77. The van der Waals surface area contributed by atoms with Crippen LogP contribution >= 0.6 is 0 Å². The van der Waals surface area contributed by atoms with Gasteiger partial charge in [-0.05, 0) is 37.1 Å². The van der Waals surface area contributed by atoms with E-state index in [0.29, 0.717) is 30.8 Å². The predicted octanol–water partition coefficient (Wildman–Crippen LogP) is 2.93. The predicted molar refractivity (Wildman–Crippen MR) is 97.2 cm³/mol. The fourth-order valence-electron chi connectivity index (χ4n) is 2.98. The van der Waals surface area contributed by atoms with Crippen LogP contribution in [0.5, 0.6) is 5.75 Å². The lowest BCUT2D eigenvalue weighted by molar-refractivity contribution is -0.140. The lowest BCUT2D eigenvalue weighted by Gasteiger charge is -2.39. The van der Waals surface area contributed by atoms with Crippen LogP contribution in [0.3, 0.4) is 0 Å². The maximum absolute atomic E-state index is 12.6. The first-order chi connectivity index (χ1) is 13.1. The van der Waals surface area contributed by atoms with Crippen LogP contribution < -0.4 is 10.3 Å². The third-order valence-electron chi connectivity index (χ3n) is 4.89. The number of carbonyl (C=O) groups excluding carboxylic acids is 1. The van der Waals surface area contributed by atoms with Crippen LogP contribution in [0.4, 0.5) is 13.2 Å². The van der Waals surface area contributed by atoms with Crippen LogP contribution in [-0.2, 0) is 24.4 Å². The first-order valence-corrected chi connectivity index (χ1v) is 8.92. The van der Waals surface area contributed by atoms with E-state index >= 15 is 0 Å². The summed E-state index contributed by atoms with van der Waals surface area (Å²) in [5, 5.41) is 0. The molecule has 150 valence electrons. The van der Waals surface area contributed by atoms with Crippen LogP contribution in [0.1, 0.15) is 23.2 Å². The summed E-state index contributed by atoms with van der Waals surface area (Å²) in [6.45, 7) is 2.67. The highest BCUT2D eigenvalue weighted by Gasteiger charge is 2.32. The molecule has 1 aromatic carbocycles. The quantitative estimate of drug-likeness (QED) is 0.784. The molecule has 1 saturated heterocycles. The number of carbonyl (C=O) groups is 1. The summed E-state index contributed by atoms with van der Waals surface area (Å²) in [7, 11) is 1.68. The van der Waals surface area contributed by atoms with Crippen molar-refractivity contribution in [2.75, 3.05) is 13.1 Å². The zero-order valence-corrected chi connectivity index (χ0v) is 15.6. The second kappa shape index (κ2) is 7.69. The van der Waals surface area contributed by atoms with Gasteiger partial charge in [0.05, 0.1) is 18.7 Å². The molecule has 0 bridgehead atoms. The average molecular weight is 394 g/mol. The van der Waals surface area contributed by atoms with E-state index in [1.54, 1.807) is 18.0 Å². The lowest BCUT2D eigenvalue weighted by atomic mass is 10.1. The Balaban J connectivity index is 1.46. The van der Waals surface area contributed by atoms with Gasteiger partial charge in [-0.15, -0.1) is 0 Å². The van der Waals surface area contributed by atoms with Crippen molar-refractivity contribution in [2.24, 2.45) is 7.05 Å². The molecule has 0 aliphatic carbocycles. The van der Waals surface area contributed by atoms with E-state index in [-0.39, 0.29) is 24.0 Å². The van der Waals surface area contributed by atoms with E-state index in [0.717, 1.165) is 17.8 Å². The van der Waals surface area contributed by atoms with Crippen LogP contribution in [0.25, 0.3) is 0 Å². The Kier molecular flexibility index (Phi) is 5.49. The SMILES string of the molecule is Cc1cc(OC2CN(C(=O)CCc3ccc(C(F)(F)F)cc3)C2)cc(=O)n1C. The number of amides is 1. The number of rotatable bonds is 5. The number of alkyl halides is 3. The van der Waals surface area contributed by atoms with Gasteiger partial charge >= 0.3 is 6.18 Å². The van der Waals surface area contributed by atoms with E-state index in [1.807, 2.05) is 6.92 Å². The molecule has 1 aromatic heterocycles. The second-order valence-electron chi connectivity index (χ2n) is 6.96. The molecule has 8 heteroatoms. The van der Waals surface area contributed by atoms with E-state index in [2.05, 4.69) is 0 Å². The summed E-state index contributed by atoms with van der Waals surface area (Å²) >= 11 is 0. The molecule has 2 aromatic rings. The molecule has 0 N–H and O–H groups in total. The van der Waals surface area contributed by atoms with Crippen molar-refractivity contribution in [3.8, 4) is 5.75 Å². The molecule has 0 radical (unpaired) electrons. The van der Waals surface area contributed by atoms with Gasteiger partial charge in [-0.1, -0.05) is 12.1 Å². The summed E-state index contributed by atoms with van der Waals surface area (Å²) in [6.07, 6.45) is -3.92. The Bertz CT molecular complexity index is 914. The first-order valence-electron chi connectivity index (χ1n) is 8.92. The smallest absolute Gasteiger partial charge is 0.416 e. The van der Waals surface area contributed by atoms with Crippen molar-refractivity contribution in [1.82, 2.24) is 9.47 Å². The maximum atomic E-state index is 12.6. The van der Waals surface area contributed by atoms with Crippen LogP contribution in [0, 0.1) is 6.92 Å². The lowest BCUT2D eigenvalue weighted by Crippen LogP contribution is -2.56. The van der Waals surface area contributed by atoms with Crippen molar-refractivity contribution in [2.45, 2.75) is 32.0 Å². The van der Waals surface area contributed by atoms with Gasteiger partial charge in [-0.3, -0.25) is 9.59 Å². The summed E-state index contributed by atoms with van der Waals surface area (Å²) in [6, 6.07) is 8.05. The van der Waals surface area contributed by atoms with Gasteiger partial charge in [0.15, 0.2) is 0 Å². The summed E-state index contributed by atoms with van der Waals surface area (Å²) in [5.74, 6) is 0.419. The monoisotopic (exact) mass is 394 g/mol. The summed E-state index contributed by atoms with van der Waals surface area (Å²) in [4.78, 5) is 25.6. The highest BCUT2D eigenvalue weighted by atomic mass is 19.4. The molecule has 28 heavy (non-hydrogen) atoms. The maximum Gasteiger partial charge on any atom is 0.416 e. The number of likely N-dealkylation sites (tertiary alicyclic amines) is 1. The molecule has 1 aliphatic heterocycles. The third-order valence-corrected chi connectivity index (χ3v) is 4.89. The number of hydrogen-bond donors (Lipinski definition) is 0. The molecular weight excluding hydrogens is 373 g/mol. The number of aryl methyl sites for hydroxylation is 2. The van der Waals surface area contributed by atoms with Gasteiger partial charge in [0.25, 0.3) is 5.56 Å². The Morgan fingerprint density at radius 2 is 1.82 bits per heavy atom. The van der Waals surface area contributed by atoms with Gasteiger partial charge in [0.1, 0.15) is 11.9 Å². The zero-order chi connectivity index (χ0) is 20.5. The molecule has 1 aliphatic rings. The number of halogens is 3. The topological polar surface area (TPSA) is 51.5 Å². The largest absolute Gasteiger partial charge is 0.486 e. The highest BCUT2D eigenvalue weighted by Crippen LogP contribution is 2.29. The first kappa shape index (κ1) is 20.0. The molecule has 3 rings (SSSR count). The molecule has 0 unspecified atom stereocenters. The highest BCUT2D eigenvalue weighted by molar-refractivity contribution is 5.77. The van der Waals surface area contributed by atoms with Crippen molar-refractivity contribution >= 4 is 5.91 Å². The minimum absolute atomic E-state index is 0.0695. The average Bonchev–Trinajstić information content (AvgIpc) is 2.59. The van der Waals surface area contributed by atoms with Gasteiger partial charge in [-0.2, -0.15) is 13.2 Å². The Morgan fingerprint density at radius 3 is 2.39 bits per heavy atom. The van der Waals surface area contributed by atoms with Gasteiger partial charge < -0.3 is 14.2 Å². The summed E-state index contributed by atoms with van der Waals surface area (Å²) < 4.78 is 44.9. The number of aromatic nitrogens is 1. The van der Waals surface area contributed by atoms with E-state index in [1.165, 1.54) is 22.8 Å². The van der Waals surface area contributed by atoms with E-state index < -0.39 is 11.7 Å². The number of nitrogens with zero attached hydrogens (tertiary/aromatic N) is 2. The Labute approximate surface area is 160 Å². The molecule has 0 spiro atoms. The standard InChI is InChI=1S/C20H21F3N2O3/c1-13-9-16(10-19(27)24(13)2)28-17-11-25(12-17)18(26)8-5-14-3-6-15(7-4-14)20(21,22)23/h3-4,6-7,9-10,17H,5,8,11-12H2,1-2H3. The minimum atomic E-state index is -4.36. The van der Waals surface area contributed by atoms with Crippen LogP contribution in [0.15, 0.2) is 41.2 Å². The van der Waals surface area contributed by atoms with Crippen LogP contribution in [0.2, 0.25) is 0 Å². The minimum Gasteiger partial charge on any atom is -0.486 e. The zero-order valence-electron chi connectivity index (χ0n) is 15.6. The van der Waals surface area contributed by atoms with Gasteiger partial charge in [0, 0.05) is 25.2 Å². The molecule has 5 nitrogen and oxygen atoms in total. The normalized spacial score (nSPS) is 14.7. The van der Waals surface area contributed by atoms with E-state index in [9.17, 15) is 22.8 Å². The third kappa shape index (κ3) is 4.55. The molecule has 0 atom stereocenters. The van der Waals surface area contributed by atoms with Gasteiger partial charge in [-0.25, -0.2) is 0 Å². The van der Waals surface area contributed by atoms with E-state index in [4.69, 9.17) is 4.74 Å². The van der Waals surface area contributed by atoms with Crippen molar-refractivity contribution in [1.29, 1.82) is 0 Å². The van der Waals surface area contributed by atoms with Gasteiger partial charge in [0.2, 0.25) is 5.91 Å². The molecule has 2 heterocycles. The fraction of sp³-hybridized carbons (Fsp3) is 0.400. The number of ether oxygens (including phenoxy) is 1. The van der Waals surface area contributed by atoms with Crippen LogP contribution in [-0.4, -0.2) is 34.6 Å². The Morgan fingerprint density at radius 1 is 1.18 bits per heavy atom. The van der Waals surface area contributed by atoms with Crippen molar-refractivity contribution in [3.05, 3.63) is 63.6 Å². The summed E-state index contributed by atoms with van der Waals surface area (Å²) in [5.41, 5.74) is 0.617. The number of pyridine rings is 1. The molecule has 0 saturated carbocycles. The number of hydrogen-bond acceptors (Lipinski definition) is 3. The fourth-order valence-corrected chi connectivity index (χ4v) is 2.98. The molecule has 1 fully saturated rings. The van der Waals surface area contributed by atoms with Crippen molar-refractivity contribution in [3.63, 3.8) is 0 Å². The van der Waals surface area contributed by atoms with Crippen molar-refractivity contribution < 1.29 is 22.7 Å².